The van der Waals surface area contributed by atoms with Crippen LogP contribution in [0, 0.1) is 0 Å². The zero-order valence-corrected chi connectivity index (χ0v) is 13.3. The van der Waals surface area contributed by atoms with Crippen LogP contribution in [0.3, 0.4) is 0 Å². The van der Waals surface area contributed by atoms with Gasteiger partial charge in [0.1, 0.15) is 17.0 Å². The van der Waals surface area contributed by atoms with Gasteiger partial charge in [-0.25, -0.2) is 4.98 Å². The topological polar surface area (TPSA) is 54.6 Å². The monoisotopic (exact) mass is 322 g/mol. The van der Waals surface area contributed by atoms with Crippen molar-refractivity contribution >= 4 is 17.2 Å². The molecule has 0 radical (unpaired) electrons. The van der Waals surface area contributed by atoms with Crippen molar-refractivity contribution < 1.29 is 9.15 Å². The van der Waals surface area contributed by atoms with Crippen molar-refractivity contribution in [3.63, 3.8) is 0 Å². The van der Waals surface area contributed by atoms with Crippen LogP contribution in [0.25, 0.3) is 11.2 Å². The summed E-state index contributed by atoms with van der Waals surface area (Å²) in [6.45, 7) is 4.32. The van der Waals surface area contributed by atoms with Gasteiger partial charge in [0.25, 0.3) is 6.01 Å². The average molecular weight is 322 g/mol. The Kier molecular flexibility index (Phi) is 3.16. The Hall–Kier alpha value is -2.60. The molecule has 1 unspecified atom stereocenters. The average Bonchev–Trinajstić information content (AvgIpc) is 3.20. The Morgan fingerprint density at radius 1 is 1.08 bits per heavy atom. The van der Waals surface area contributed by atoms with Gasteiger partial charge in [-0.1, -0.05) is 18.2 Å². The highest BCUT2D eigenvalue weighted by molar-refractivity contribution is 5.72. The molecule has 3 aromatic rings. The second-order valence-corrected chi connectivity index (χ2v) is 6.34. The molecule has 4 heterocycles. The van der Waals surface area contributed by atoms with Crippen molar-refractivity contribution in [1.82, 2.24) is 14.9 Å². The van der Waals surface area contributed by atoms with Crippen LogP contribution < -0.4 is 9.64 Å². The lowest BCUT2D eigenvalue weighted by Crippen LogP contribution is -2.46. The lowest BCUT2D eigenvalue weighted by Gasteiger charge is -2.32. The molecule has 2 fully saturated rings. The molecule has 122 valence electrons. The van der Waals surface area contributed by atoms with Gasteiger partial charge in [-0.3, -0.25) is 4.90 Å². The number of fused-ring (bicyclic) bond motifs is 3. The zero-order valence-electron chi connectivity index (χ0n) is 13.3. The van der Waals surface area contributed by atoms with E-state index < -0.39 is 0 Å². The first-order valence-electron chi connectivity index (χ1n) is 8.34. The highest BCUT2D eigenvalue weighted by Crippen LogP contribution is 2.30. The number of nitrogens with zero attached hydrogens (tertiary/aromatic N) is 4. The lowest BCUT2D eigenvalue weighted by atomic mass is 10.2. The normalized spacial score (nSPS) is 22.9. The number of benzene rings is 1. The van der Waals surface area contributed by atoms with Gasteiger partial charge in [-0.05, 0) is 18.6 Å². The van der Waals surface area contributed by atoms with Gasteiger partial charge in [-0.2, -0.15) is 4.98 Å². The Morgan fingerprint density at radius 3 is 2.92 bits per heavy atom. The Bertz CT molecular complexity index is 864. The molecule has 2 atom stereocenters. The SMILES string of the molecule is c1ccc(Oc2cnc3oc(N4CC[N@@]5CCC4C5)nc3c2)cc1. The number of piperazine rings is 1. The number of para-hydroxylation sites is 1. The van der Waals surface area contributed by atoms with Crippen molar-refractivity contribution in [3.8, 4) is 11.5 Å². The fourth-order valence-electron chi connectivity index (χ4n) is 3.55. The number of pyridine rings is 1. The maximum Gasteiger partial charge on any atom is 0.300 e. The Labute approximate surface area is 139 Å². The van der Waals surface area contributed by atoms with Crippen molar-refractivity contribution in [2.24, 2.45) is 0 Å². The quantitative estimate of drug-likeness (QED) is 0.739. The molecule has 2 bridgehead atoms. The number of rotatable bonds is 3. The summed E-state index contributed by atoms with van der Waals surface area (Å²) in [5.41, 5.74) is 1.30. The fourth-order valence-corrected chi connectivity index (χ4v) is 3.55. The molecule has 2 saturated heterocycles. The standard InChI is InChI=1S/C18H18N4O2/c1-2-4-14(5-3-1)23-15-10-16-17(19-11-15)24-18(20-16)22-9-8-21-7-6-13(22)12-21/h1-5,10-11,13H,6-9,12H2. The number of aromatic nitrogens is 2. The van der Waals surface area contributed by atoms with Gasteiger partial charge in [0.05, 0.1) is 6.20 Å². The maximum absolute atomic E-state index is 5.89. The third-order valence-corrected chi connectivity index (χ3v) is 4.78. The summed E-state index contributed by atoms with van der Waals surface area (Å²) in [5, 5.41) is 0. The van der Waals surface area contributed by atoms with Crippen LogP contribution in [0.15, 0.2) is 47.0 Å². The first-order chi connectivity index (χ1) is 11.8. The van der Waals surface area contributed by atoms with Crippen molar-refractivity contribution in [3.05, 3.63) is 42.6 Å². The first kappa shape index (κ1) is 13.8. The van der Waals surface area contributed by atoms with E-state index in [0.29, 0.717) is 23.5 Å². The van der Waals surface area contributed by atoms with E-state index in [4.69, 9.17) is 9.15 Å². The number of ether oxygens (including phenoxy) is 1. The van der Waals surface area contributed by atoms with E-state index in [2.05, 4.69) is 19.8 Å². The molecule has 0 spiro atoms. The molecule has 6 heteroatoms. The van der Waals surface area contributed by atoms with Crippen molar-refractivity contribution in [2.45, 2.75) is 12.5 Å². The molecule has 6 nitrogen and oxygen atoms in total. The van der Waals surface area contributed by atoms with E-state index in [1.165, 1.54) is 13.0 Å². The fraction of sp³-hybridized carbons (Fsp3) is 0.333. The van der Waals surface area contributed by atoms with Crippen LogP contribution in [0.5, 0.6) is 11.5 Å². The van der Waals surface area contributed by atoms with Gasteiger partial charge in [0.15, 0.2) is 0 Å². The van der Waals surface area contributed by atoms with Crippen molar-refractivity contribution in [1.29, 1.82) is 0 Å². The molecule has 0 N–H and O–H groups in total. The molecule has 2 aromatic heterocycles. The van der Waals surface area contributed by atoms with E-state index >= 15 is 0 Å². The van der Waals surface area contributed by atoms with Gasteiger partial charge >= 0.3 is 0 Å². The van der Waals surface area contributed by atoms with Gasteiger partial charge in [0.2, 0.25) is 5.71 Å². The molecular weight excluding hydrogens is 304 g/mol. The molecule has 0 aliphatic carbocycles. The van der Waals surface area contributed by atoms with E-state index in [9.17, 15) is 0 Å². The van der Waals surface area contributed by atoms with Gasteiger partial charge in [0, 0.05) is 38.3 Å². The van der Waals surface area contributed by atoms with Gasteiger partial charge < -0.3 is 14.1 Å². The van der Waals surface area contributed by atoms with Crippen LogP contribution >= 0.6 is 0 Å². The van der Waals surface area contributed by atoms with E-state index in [1.807, 2.05) is 36.4 Å². The van der Waals surface area contributed by atoms with Crippen molar-refractivity contribution in [2.75, 3.05) is 31.1 Å². The highest BCUT2D eigenvalue weighted by Gasteiger charge is 2.34. The summed E-state index contributed by atoms with van der Waals surface area (Å²) in [4.78, 5) is 13.8. The number of oxazole rings is 1. The highest BCUT2D eigenvalue weighted by atomic mass is 16.5. The number of hydrogen-bond donors (Lipinski definition) is 0. The van der Waals surface area contributed by atoms with Crippen LogP contribution in [-0.2, 0) is 0 Å². The van der Waals surface area contributed by atoms with Crippen LogP contribution in [-0.4, -0.2) is 47.1 Å². The first-order valence-corrected chi connectivity index (χ1v) is 8.34. The molecule has 2 aliphatic heterocycles. The molecular formula is C18H18N4O2. The molecule has 1 aromatic carbocycles. The molecule has 5 rings (SSSR count). The predicted octanol–water partition coefficient (Wildman–Crippen LogP) is 2.91. The summed E-state index contributed by atoms with van der Waals surface area (Å²) in [5.74, 6) is 1.45. The molecule has 0 saturated carbocycles. The molecule has 24 heavy (non-hydrogen) atoms. The summed E-state index contributed by atoms with van der Waals surface area (Å²) in [6, 6.07) is 12.7. The Balaban J connectivity index is 1.43. The summed E-state index contributed by atoms with van der Waals surface area (Å²) in [7, 11) is 0. The maximum atomic E-state index is 5.89. The smallest absolute Gasteiger partial charge is 0.300 e. The van der Waals surface area contributed by atoms with E-state index in [0.717, 1.165) is 30.9 Å². The summed E-state index contributed by atoms with van der Waals surface area (Å²) in [6.07, 6.45) is 2.85. The second-order valence-electron chi connectivity index (χ2n) is 6.34. The minimum absolute atomic E-state index is 0.506. The van der Waals surface area contributed by atoms with E-state index in [1.54, 1.807) is 6.20 Å². The molecule has 2 aliphatic rings. The largest absolute Gasteiger partial charge is 0.456 e. The predicted molar refractivity (Wildman–Crippen MR) is 90.5 cm³/mol. The van der Waals surface area contributed by atoms with Crippen LogP contribution in [0.2, 0.25) is 0 Å². The second kappa shape index (κ2) is 5.49. The zero-order chi connectivity index (χ0) is 15.9. The summed E-state index contributed by atoms with van der Waals surface area (Å²) >= 11 is 0. The third-order valence-electron chi connectivity index (χ3n) is 4.78. The van der Waals surface area contributed by atoms with Crippen LogP contribution in [0.4, 0.5) is 6.01 Å². The number of hydrogen-bond acceptors (Lipinski definition) is 6. The van der Waals surface area contributed by atoms with E-state index in [-0.39, 0.29) is 0 Å². The lowest BCUT2D eigenvalue weighted by molar-refractivity contribution is 0.304. The minimum atomic E-state index is 0.506. The third kappa shape index (κ3) is 2.39. The Morgan fingerprint density at radius 2 is 2.00 bits per heavy atom. The summed E-state index contributed by atoms with van der Waals surface area (Å²) < 4.78 is 11.7. The van der Waals surface area contributed by atoms with Gasteiger partial charge in [-0.15, -0.1) is 0 Å². The molecule has 0 amide bonds. The van der Waals surface area contributed by atoms with Crippen LogP contribution in [0.1, 0.15) is 6.42 Å². The minimum Gasteiger partial charge on any atom is -0.456 e. The number of anilines is 1.